The van der Waals surface area contributed by atoms with E-state index in [1.807, 2.05) is 0 Å². The van der Waals surface area contributed by atoms with Crippen molar-refractivity contribution >= 4 is 11.0 Å². The molecule has 0 saturated heterocycles. The minimum Gasteiger partial charge on any atom is -0.507 e. The van der Waals surface area contributed by atoms with Crippen LogP contribution in [0.1, 0.15) is 0 Å². The van der Waals surface area contributed by atoms with E-state index in [1.165, 1.54) is 6.07 Å². The Bertz CT molecular complexity index is 833. The van der Waals surface area contributed by atoms with Gasteiger partial charge in [-0.3, -0.25) is 4.79 Å². The highest BCUT2D eigenvalue weighted by Crippen LogP contribution is 2.30. The summed E-state index contributed by atoms with van der Waals surface area (Å²) >= 11 is 0. The first-order valence-corrected chi connectivity index (χ1v) is 6.09. The third kappa shape index (κ3) is 2.01. The molecule has 0 aliphatic carbocycles. The van der Waals surface area contributed by atoms with Gasteiger partial charge in [0.25, 0.3) is 0 Å². The maximum Gasteiger partial charge on any atom is 0.193 e. The summed E-state index contributed by atoms with van der Waals surface area (Å²) in [5.41, 5.74) is 0.766. The molecule has 3 aromatic rings. The Labute approximate surface area is 114 Å². The minimum atomic E-state index is -0.177. The van der Waals surface area contributed by atoms with Gasteiger partial charge in [-0.25, -0.2) is 0 Å². The number of fused-ring (bicyclic) bond motifs is 1. The maximum absolute atomic E-state index is 12.2. The average molecular weight is 268 g/mol. The standard InChI is InChI=1S/C16H12O4/c1-19-10-6-7-15-12(8-10)14(18)9-16(20-15)11-4-2-3-5-13(11)17/h2-9,17H,1H3. The molecule has 3 rings (SSSR count). The lowest BCUT2D eigenvalue weighted by atomic mass is 10.1. The number of phenolic OH excluding ortho intramolecular Hbond substituents is 1. The molecule has 0 saturated carbocycles. The van der Waals surface area contributed by atoms with E-state index in [2.05, 4.69) is 0 Å². The number of benzene rings is 2. The van der Waals surface area contributed by atoms with Crippen molar-refractivity contribution in [3.05, 3.63) is 58.8 Å². The van der Waals surface area contributed by atoms with Gasteiger partial charge < -0.3 is 14.3 Å². The molecular weight excluding hydrogens is 256 g/mol. The van der Waals surface area contributed by atoms with Crippen molar-refractivity contribution in [3.8, 4) is 22.8 Å². The Morgan fingerprint density at radius 1 is 1.10 bits per heavy atom. The number of methoxy groups -OCH3 is 1. The summed E-state index contributed by atoms with van der Waals surface area (Å²) in [4.78, 5) is 12.2. The summed E-state index contributed by atoms with van der Waals surface area (Å²) in [7, 11) is 1.54. The predicted octanol–water partition coefficient (Wildman–Crippen LogP) is 3.17. The van der Waals surface area contributed by atoms with E-state index >= 15 is 0 Å². The lowest BCUT2D eigenvalue weighted by Crippen LogP contribution is -2.00. The molecule has 1 N–H and O–H groups in total. The Kier molecular flexibility index (Phi) is 2.91. The number of ether oxygens (including phenoxy) is 1. The van der Waals surface area contributed by atoms with Crippen LogP contribution in [0.15, 0.2) is 57.7 Å². The minimum absolute atomic E-state index is 0.0727. The molecular formula is C16H12O4. The summed E-state index contributed by atoms with van der Waals surface area (Å²) in [5.74, 6) is 1.01. The van der Waals surface area contributed by atoms with Gasteiger partial charge in [0.05, 0.1) is 18.1 Å². The first-order valence-electron chi connectivity index (χ1n) is 6.09. The predicted molar refractivity (Wildman–Crippen MR) is 76.1 cm³/mol. The molecule has 100 valence electrons. The van der Waals surface area contributed by atoms with Crippen LogP contribution in [0.4, 0.5) is 0 Å². The zero-order valence-electron chi connectivity index (χ0n) is 10.8. The SMILES string of the molecule is COc1ccc2oc(-c3ccccc3O)cc(=O)c2c1. The molecule has 0 spiro atoms. The molecule has 0 aliphatic rings. The number of aromatic hydroxyl groups is 1. The highest BCUT2D eigenvalue weighted by molar-refractivity contribution is 5.80. The first-order chi connectivity index (χ1) is 9.69. The fourth-order valence-electron chi connectivity index (χ4n) is 2.08. The fraction of sp³-hybridized carbons (Fsp3) is 0.0625. The van der Waals surface area contributed by atoms with Crippen LogP contribution < -0.4 is 10.2 Å². The largest absolute Gasteiger partial charge is 0.507 e. The van der Waals surface area contributed by atoms with Crippen molar-refractivity contribution in [1.29, 1.82) is 0 Å². The monoisotopic (exact) mass is 268 g/mol. The van der Waals surface area contributed by atoms with Gasteiger partial charge in [-0.1, -0.05) is 12.1 Å². The molecule has 1 heterocycles. The molecule has 0 aliphatic heterocycles. The third-order valence-corrected chi connectivity index (χ3v) is 3.10. The zero-order valence-corrected chi connectivity index (χ0v) is 10.8. The first kappa shape index (κ1) is 12.3. The molecule has 0 atom stereocenters. The molecule has 20 heavy (non-hydrogen) atoms. The van der Waals surface area contributed by atoms with E-state index in [-0.39, 0.29) is 11.2 Å². The van der Waals surface area contributed by atoms with E-state index in [4.69, 9.17) is 9.15 Å². The van der Waals surface area contributed by atoms with Gasteiger partial charge in [-0.05, 0) is 30.3 Å². The van der Waals surface area contributed by atoms with E-state index in [9.17, 15) is 9.90 Å². The van der Waals surface area contributed by atoms with Crippen LogP contribution >= 0.6 is 0 Å². The molecule has 0 radical (unpaired) electrons. The van der Waals surface area contributed by atoms with Crippen molar-refractivity contribution in [2.24, 2.45) is 0 Å². The van der Waals surface area contributed by atoms with Crippen LogP contribution in [-0.2, 0) is 0 Å². The van der Waals surface area contributed by atoms with Gasteiger partial charge in [-0.2, -0.15) is 0 Å². The lowest BCUT2D eigenvalue weighted by molar-refractivity contribution is 0.415. The summed E-state index contributed by atoms with van der Waals surface area (Å²) < 4.78 is 10.8. The average Bonchev–Trinajstić information content (AvgIpc) is 2.47. The van der Waals surface area contributed by atoms with Gasteiger partial charge in [0.2, 0.25) is 0 Å². The summed E-state index contributed by atoms with van der Waals surface area (Å²) in [6.45, 7) is 0. The number of phenols is 1. The Hall–Kier alpha value is -2.75. The molecule has 0 fully saturated rings. The Balaban J connectivity index is 2.26. The van der Waals surface area contributed by atoms with Crippen LogP contribution in [0.2, 0.25) is 0 Å². The summed E-state index contributed by atoms with van der Waals surface area (Å²) in [6, 6.07) is 13.1. The van der Waals surface area contributed by atoms with Crippen LogP contribution in [-0.4, -0.2) is 12.2 Å². The topological polar surface area (TPSA) is 59.7 Å². The second-order valence-electron chi connectivity index (χ2n) is 4.35. The fourth-order valence-corrected chi connectivity index (χ4v) is 2.08. The van der Waals surface area contributed by atoms with Crippen LogP contribution in [0.25, 0.3) is 22.3 Å². The molecule has 0 unspecified atom stereocenters. The third-order valence-electron chi connectivity index (χ3n) is 3.10. The van der Waals surface area contributed by atoms with Gasteiger partial charge >= 0.3 is 0 Å². The quantitative estimate of drug-likeness (QED) is 0.775. The van der Waals surface area contributed by atoms with Crippen LogP contribution in [0, 0.1) is 0 Å². The molecule has 0 bridgehead atoms. The van der Waals surface area contributed by atoms with Crippen molar-refractivity contribution in [1.82, 2.24) is 0 Å². The number of rotatable bonds is 2. The highest BCUT2D eigenvalue weighted by atomic mass is 16.5. The van der Waals surface area contributed by atoms with E-state index in [0.717, 1.165) is 0 Å². The van der Waals surface area contributed by atoms with Crippen molar-refractivity contribution in [3.63, 3.8) is 0 Å². The molecule has 1 aromatic heterocycles. The zero-order chi connectivity index (χ0) is 14.1. The van der Waals surface area contributed by atoms with Crippen molar-refractivity contribution < 1.29 is 14.3 Å². The normalized spacial score (nSPS) is 10.7. The van der Waals surface area contributed by atoms with Gasteiger partial charge in [0.1, 0.15) is 22.8 Å². The van der Waals surface area contributed by atoms with Crippen LogP contribution in [0.3, 0.4) is 0 Å². The Morgan fingerprint density at radius 3 is 2.65 bits per heavy atom. The van der Waals surface area contributed by atoms with E-state index in [1.54, 1.807) is 49.6 Å². The lowest BCUT2D eigenvalue weighted by Gasteiger charge is -2.06. The van der Waals surface area contributed by atoms with Crippen molar-refractivity contribution in [2.45, 2.75) is 0 Å². The number of hydrogen-bond donors (Lipinski definition) is 1. The Morgan fingerprint density at radius 2 is 1.90 bits per heavy atom. The molecule has 4 nitrogen and oxygen atoms in total. The summed E-state index contributed by atoms with van der Waals surface area (Å²) in [6.07, 6.45) is 0. The van der Waals surface area contributed by atoms with Gasteiger partial charge in [-0.15, -0.1) is 0 Å². The highest BCUT2D eigenvalue weighted by Gasteiger charge is 2.10. The molecule has 4 heteroatoms. The van der Waals surface area contributed by atoms with Crippen LogP contribution in [0.5, 0.6) is 11.5 Å². The van der Waals surface area contributed by atoms with Gasteiger partial charge in [0, 0.05) is 6.07 Å². The second kappa shape index (κ2) is 4.74. The summed E-state index contributed by atoms with van der Waals surface area (Å²) in [5, 5.41) is 10.3. The smallest absolute Gasteiger partial charge is 0.193 e. The van der Waals surface area contributed by atoms with Gasteiger partial charge in [0.15, 0.2) is 5.43 Å². The second-order valence-corrected chi connectivity index (χ2v) is 4.35. The number of para-hydroxylation sites is 1. The maximum atomic E-state index is 12.2. The van der Waals surface area contributed by atoms with Crippen molar-refractivity contribution in [2.75, 3.05) is 7.11 Å². The molecule has 2 aromatic carbocycles. The van der Waals surface area contributed by atoms with E-state index in [0.29, 0.717) is 28.0 Å². The molecule has 0 amide bonds. The number of hydrogen-bond acceptors (Lipinski definition) is 4. The van der Waals surface area contributed by atoms with E-state index < -0.39 is 0 Å².